The van der Waals surface area contributed by atoms with E-state index in [-0.39, 0.29) is 11.8 Å². The SMILES string of the molecule is C=C/C=C/C=C/C(C)C(N)=O. The Bertz CT molecular complexity index is 192. The molecule has 2 nitrogen and oxygen atoms in total. The molecule has 0 rings (SSSR count). The molecule has 0 aliphatic carbocycles. The molecule has 1 amide bonds. The van der Waals surface area contributed by atoms with Gasteiger partial charge in [-0.2, -0.15) is 0 Å². The van der Waals surface area contributed by atoms with Crippen LogP contribution in [0.3, 0.4) is 0 Å². The predicted molar refractivity (Wildman–Crippen MR) is 46.8 cm³/mol. The van der Waals surface area contributed by atoms with Crippen molar-refractivity contribution >= 4 is 5.91 Å². The second-order valence-corrected chi connectivity index (χ2v) is 2.20. The zero-order valence-corrected chi connectivity index (χ0v) is 6.66. The van der Waals surface area contributed by atoms with Crippen LogP contribution in [0, 0.1) is 5.92 Å². The van der Waals surface area contributed by atoms with E-state index >= 15 is 0 Å². The van der Waals surface area contributed by atoms with Crippen LogP contribution in [0.2, 0.25) is 0 Å². The molecule has 0 aromatic rings. The van der Waals surface area contributed by atoms with E-state index in [1.807, 2.05) is 0 Å². The van der Waals surface area contributed by atoms with Gasteiger partial charge in [-0.3, -0.25) is 4.79 Å². The molecule has 2 N–H and O–H groups in total. The van der Waals surface area contributed by atoms with Crippen molar-refractivity contribution < 1.29 is 4.79 Å². The number of hydrogen-bond acceptors (Lipinski definition) is 1. The number of hydrogen-bond donors (Lipinski definition) is 1. The lowest BCUT2D eigenvalue weighted by Gasteiger charge is -1.95. The number of amides is 1. The summed E-state index contributed by atoms with van der Waals surface area (Å²) in [6.07, 6.45) is 8.76. The van der Waals surface area contributed by atoms with Gasteiger partial charge in [0.15, 0.2) is 0 Å². The summed E-state index contributed by atoms with van der Waals surface area (Å²) in [4.78, 5) is 10.5. The highest BCUT2D eigenvalue weighted by molar-refractivity contribution is 5.78. The van der Waals surface area contributed by atoms with E-state index in [1.54, 1.807) is 37.3 Å². The molecule has 0 spiro atoms. The van der Waals surface area contributed by atoms with Gasteiger partial charge in [0.05, 0.1) is 5.92 Å². The number of allylic oxidation sites excluding steroid dienone is 4. The second kappa shape index (κ2) is 5.47. The largest absolute Gasteiger partial charge is 0.369 e. The summed E-state index contributed by atoms with van der Waals surface area (Å²) in [6, 6.07) is 0. The third-order valence-corrected chi connectivity index (χ3v) is 1.21. The van der Waals surface area contributed by atoms with Crippen LogP contribution in [0.4, 0.5) is 0 Å². The normalized spacial score (nSPS) is 13.9. The maximum Gasteiger partial charge on any atom is 0.224 e. The van der Waals surface area contributed by atoms with Crippen molar-refractivity contribution in [3.63, 3.8) is 0 Å². The van der Waals surface area contributed by atoms with Crippen molar-refractivity contribution in [1.82, 2.24) is 0 Å². The number of nitrogens with two attached hydrogens (primary N) is 1. The zero-order valence-electron chi connectivity index (χ0n) is 6.66. The van der Waals surface area contributed by atoms with Gasteiger partial charge in [-0.1, -0.05) is 43.9 Å². The third-order valence-electron chi connectivity index (χ3n) is 1.21. The molecule has 0 radical (unpaired) electrons. The van der Waals surface area contributed by atoms with E-state index in [0.29, 0.717) is 0 Å². The summed E-state index contributed by atoms with van der Waals surface area (Å²) in [5.41, 5.74) is 5.02. The Labute approximate surface area is 67.1 Å². The van der Waals surface area contributed by atoms with Gasteiger partial charge in [0.25, 0.3) is 0 Å². The number of carbonyl (C=O) groups is 1. The van der Waals surface area contributed by atoms with Gasteiger partial charge in [0.1, 0.15) is 0 Å². The zero-order chi connectivity index (χ0) is 8.69. The fourth-order valence-corrected chi connectivity index (χ4v) is 0.468. The minimum absolute atomic E-state index is 0.204. The minimum Gasteiger partial charge on any atom is -0.369 e. The molecule has 1 atom stereocenters. The van der Waals surface area contributed by atoms with Crippen LogP contribution < -0.4 is 5.73 Å². The van der Waals surface area contributed by atoms with Gasteiger partial charge in [0.2, 0.25) is 5.91 Å². The molecule has 1 unspecified atom stereocenters. The molecule has 0 aliphatic heterocycles. The standard InChI is InChI=1S/C9H13NO/c1-3-4-5-6-7-8(2)9(10)11/h3-8H,1H2,2H3,(H2,10,11)/b5-4+,7-6+. The van der Waals surface area contributed by atoms with Crippen LogP contribution in [0.25, 0.3) is 0 Å². The van der Waals surface area contributed by atoms with E-state index in [4.69, 9.17) is 5.73 Å². The molecule has 60 valence electrons. The molecule has 0 bridgehead atoms. The maximum atomic E-state index is 10.5. The van der Waals surface area contributed by atoms with Crippen LogP contribution in [0.5, 0.6) is 0 Å². The lowest BCUT2D eigenvalue weighted by molar-refractivity contribution is -0.120. The molecule has 0 saturated heterocycles. The summed E-state index contributed by atoms with van der Waals surface area (Å²) in [6.45, 7) is 5.25. The van der Waals surface area contributed by atoms with Gasteiger partial charge in [-0.15, -0.1) is 0 Å². The molecule has 0 aliphatic rings. The molecule has 0 saturated carbocycles. The van der Waals surface area contributed by atoms with E-state index < -0.39 is 0 Å². The second-order valence-electron chi connectivity index (χ2n) is 2.20. The maximum absolute atomic E-state index is 10.5. The average molecular weight is 151 g/mol. The quantitative estimate of drug-likeness (QED) is 0.606. The topological polar surface area (TPSA) is 43.1 Å². The van der Waals surface area contributed by atoms with E-state index in [1.165, 1.54) is 0 Å². The van der Waals surface area contributed by atoms with Crippen LogP contribution in [-0.2, 0) is 4.79 Å². The number of primary amides is 1. The fraction of sp³-hybridized carbons (Fsp3) is 0.222. The Kier molecular flexibility index (Phi) is 4.82. The average Bonchev–Trinajstić information content (AvgIpc) is 1.97. The number of rotatable bonds is 4. The summed E-state index contributed by atoms with van der Waals surface area (Å²) in [5, 5.41) is 0. The third kappa shape index (κ3) is 5.15. The molecule has 0 aromatic carbocycles. The predicted octanol–water partition coefficient (Wildman–Crippen LogP) is 1.41. The van der Waals surface area contributed by atoms with Crippen molar-refractivity contribution in [3.8, 4) is 0 Å². The first-order valence-electron chi connectivity index (χ1n) is 3.43. The lowest BCUT2D eigenvalue weighted by Crippen LogP contribution is -2.18. The molecular weight excluding hydrogens is 138 g/mol. The first-order chi connectivity index (χ1) is 5.18. The van der Waals surface area contributed by atoms with Crippen LogP contribution in [0.15, 0.2) is 37.0 Å². The summed E-state index contributed by atoms with van der Waals surface area (Å²) < 4.78 is 0. The first kappa shape index (κ1) is 9.69. The smallest absolute Gasteiger partial charge is 0.224 e. The van der Waals surface area contributed by atoms with Crippen LogP contribution in [-0.4, -0.2) is 5.91 Å². The Hall–Kier alpha value is -1.31. The molecule has 0 aromatic heterocycles. The van der Waals surface area contributed by atoms with Gasteiger partial charge in [-0.25, -0.2) is 0 Å². The number of carbonyl (C=O) groups excluding carboxylic acids is 1. The van der Waals surface area contributed by atoms with Crippen LogP contribution >= 0.6 is 0 Å². The molecule has 11 heavy (non-hydrogen) atoms. The van der Waals surface area contributed by atoms with Crippen molar-refractivity contribution in [3.05, 3.63) is 37.0 Å². The van der Waals surface area contributed by atoms with Crippen molar-refractivity contribution in [2.24, 2.45) is 11.7 Å². The summed E-state index contributed by atoms with van der Waals surface area (Å²) >= 11 is 0. The highest BCUT2D eigenvalue weighted by Gasteiger charge is 2.00. The van der Waals surface area contributed by atoms with Crippen molar-refractivity contribution in [2.75, 3.05) is 0 Å². The fourth-order valence-electron chi connectivity index (χ4n) is 0.468. The Balaban J connectivity index is 3.82. The van der Waals surface area contributed by atoms with Gasteiger partial charge < -0.3 is 5.73 Å². The van der Waals surface area contributed by atoms with E-state index in [9.17, 15) is 4.79 Å². The van der Waals surface area contributed by atoms with Crippen molar-refractivity contribution in [1.29, 1.82) is 0 Å². The summed E-state index contributed by atoms with van der Waals surface area (Å²) in [5.74, 6) is -0.516. The Morgan fingerprint density at radius 3 is 2.55 bits per heavy atom. The van der Waals surface area contributed by atoms with Gasteiger partial charge in [0, 0.05) is 0 Å². The van der Waals surface area contributed by atoms with Gasteiger partial charge in [-0.05, 0) is 0 Å². The van der Waals surface area contributed by atoms with E-state index in [2.05, 4.69) is 6.58 Å². The molecule has 0 fully saturated rings. The Morgan fingerprint density at radius 2 is 2.09 bits per heavy atom. The van der Waals surface area contributed by atoms with Crippen molar-refractivity contribution in [2.45, 2.75) is 6.92 Å². The highest BCUT2D eigenvalue weighted by Crippen LogP contribution is 1.94. The highest BCUT2D eigenvalue weighted by atomic mass is 16.1. The van der Waals surface area contributed by atoms with Gasteiger partial charge >= 0.3 is 0 Å². The Morgan fingerprint density at radius 1 is 1.45 bits per heavy atom. The lowest BCUT2D eigenvalue weighted by atomic mass is 10.1. The summed E-state index contributed by atoms with van der Waals surface area (Å²) in [7, 11) is 0. The molecular formula is C9H13NO. The van der Waals surface area contributed by atoms with E-state index in [0.717, 1.165) is 0 Å². The van der Waals surface area contributed by atoms with Crippen LogP contribution in [0.1, 0.15) is 6.92 Å². The first-order valence-corrected chi connectivity index (χ1v) is 3.43. The minimum atomic E-state index is -0.312. The monoisotopic (exact) mass is 151 g/mol. The molecule has 2 heteroatoms. The molecule has 0 heterocycles.